The number of pyridine rings is 2. The molecule has 0 aliphatic heterocycles. The first-order chi connectivity index (χ1) is 13.6. The van der Waals surface area contributed by atoms with Gasteiger partial charge in [0, 0.05) is 39.3 Å². The molecular formula is C21H13ClN4O2. The molecule has 28 heavy (non-hydrogen) atoms. The van der Waals surface area contributed by atoms with Gasteiger partial charge in [0.05, 0.1) is 11.1 Å². The molecule has 6 nitrogen and oxygen atoms in total. The van der Waals surface area contributed by atoms with Crippen molar-refractivity contribution in [1.29, 1.82) is 0 Å². The molecular weight excluding hydrogens is 376 g/mol. The highest BCUT2D eigenvalue weighted by Crippen LogP contribution is 2.35. The number of hydrogen-bond acceptors (Lipinski definition) is 4. The molecule has 0 aliphatic rings. The number of aromatic nitrogens is 3. The lowest BCUT2D eigenvalue weighted by atomic mass is 10.0. The first-order valence-electron chi connectivity index (χ1n) is 8.55. The SMILES string of the molecule is O=C(O)c1ccc2c(c1)c(Nc1cccc(Cl)c1)nc1[nH]c3ccncc3c12. The van der Waals surface area contributed by atoms with Gasteiger partial charge in [-0.1, -0.05) is 23.7 Å². The summed E-state index contributed by atoms with van der Waals surface area (Å²) in [5.41, 5.74) is 2.57. The van der Waals surface area contributed by atoms with Gasteiger partial charge in [-0.2, -0.15) is 0 Å². The molecule has 0 fully saturated rings. The molecule has 2 aromatic carbocycles. The molecule has 136 valence electrons. The number of nitrogens with zero attached hydrogens (tertiary/aromatic N) is 2. The first kappa shape index (κ1) is 16.5. The Morgan fingerprint density at radius 2 is 1.96 bits per heavy atom. The predicted octanol–water partition coefficient (Wildman–Crippen LogP) is 5.36. The Balaban J connectivity index is 1.84. The van der Waals surface area contributed by atoms with Crippen molar-refractivity contribution in [3.63, 3.8) is 0 Å². The number of aromatic carboxylic acids is 1. The van der Waals surface area contributed by atoms with Crippen LogP contribution < -0.4 is 5.32 Å². The third-order valence-electron chi connectivity index (χ3n) is 4.68. The lowest BCUT2D eigenvalue weighted by molar-refractivity contribution is 0.0697. The fourth-order valence-corrected chi connectivity index (χ4v) is 3.63. The zero-order valence-electron chi connectivity index (χ0n) is 14.4. The minimum absolute atomic E-state index is 0.195. The van der Waals surface area contributed by atoms with Crippen LogP contribution in [0.5, 0.6) is 0 Å². The third-order valence-corrected chi connectivity index (χ3v) is 4.92. The van der Waals surface area contributed by atoms with Gasteiger partial charge in [-0.05, 0) is 41.8 Å². The lowest BCUT2D eigenvalue weighted by Gasteiger charge is -2.11. The number of fused-ring (bicyclic) bond motifs is 5. The number of anilines is 2. The number of benzene rings is 2. The molecule has 3 aromatic heterocycles. The molecule has 7 heteroatoms. The van der Waals surface area contributed by atoms with Crippen molar-refractivity contribution in [3.8, 4) is 0 Å². The zero-order chi connectivity index (χ0) is 19.3. The fourth-order valence-electron chi connectivity index (χ4n) is 3.44. The molecule has 3 heterocycles. The average Bonchev–Trinajstić information content (AvgIpc) is 3.06. The highest BCUT2D eigenvalue weighted by Gasteiger charge is 2.16. The van der Waals surface area contributed by atoms with Crippen LogP contribution in [0.15, 0.2) is 60.9 Å². The summed E-state index contributed by atoms with van der Waals surface area (Å²) in [6.07, 6.45) is 3.50. The molecule has 0 unspecified atom stereocenters. The molecule has 0 aliphatic carbocycles. The highest BCUT2D eigenvalue weighted by molar-refractivity contribution is 6.30. The summed E-state index contributed by atoms with van der Waals surface area (Å²) >= 11 is 6.09. The molecule has 0 saturated carbocycles. The van der Waals surface area contributed by atoms with E-state index < -0.39 is 5.97 Å². The maximum Gasteiger partial charge on any atom is 0.335 e. The summed E-state index contributed by atoms with van der Waals surface area (Å²) in [6.45, 7) is 0. The number of nitrogens with one attached hydrogen (secondary N) is 2. The van der Waals surface area contributed by atoms with Gasteiger partial charge in [-0.3, -0.25) is 4.98 Å². The van der Waals surface area contributed by atoms with E-state index in [1.54, 1.807) is 36.7 Å². The summed E-state index contributed by atoms with van der Waals surface area (Å²) in [5.74, 6) is -0.441. The van der Waals surface area contributed by atoms with Crippen molar-refractivity contribution in [1.82, 2.24) is 15.0 Å². The molecule has 0 saturated heterocycles. The maximum atomic E-state index is 11.5. The van der Waals surface area contributed by atoms with Gasteiger partial charge < -0.3 is 15.4 Å². The van der Waals surface area contributed by atoms with Gasteiger partial charge >= 0.3 is 5.97 Å². The Morgan fingerprint density at radius 1 is 1.07 bits per heavy atom. The van der Waals surface area contributed by atoms with Gasteiger partial charge in [0.15, 0.2) is 0 Å². The van der Waals surface area contributed by atoms with Crippen LogP contribution in [0, 0.1) is 0 Å². The van der Waals surface area contributed by atoms with Crippen molar-refractivity contribution in [3.05, 3.63) is 71.5 Å². The van der Waals surface area contributed by atoms with Crippen LogP contribution in [0.4, 0.5) is 11.5 Å². The van der Waals surface area contributed by atoms with Gasteiger partial charge in [0.1, 0.15) is 11.5 Å². The second kappa shape index (κ2) is 6.21. The Hall–Kier alpha value is -3.64. The van der Waals surface area contributed by atoms with Crippen LogP contribution in [-0.2, 0) is 0 Å². The van der Waals surface area contributed by atoms with Crippen molar-refractivity contribution < 1.29 is 9.90 Å². The number of carboxylic acids is 1. The lowest BCUT2D eigenvalue weighted by Crippen LogP contribution is -1.99. The minimum atomic E-state index is -0.990. The van der Waals surface area contributed by atoms with Gasteiger partial charge in [0.25, 0.3) is 0 Å². The second-order valence-corrected chi connectivity index (χ2v) is 6.87. The molecule has 0 bridgehead atoms. The summed E-state index contributed by atoms with van der Waals surface area (Å²) in [4.78, 5) is 23.8. The fraction of sp³-hybridized carbons (Fsp3) is 0. The first-order valence-corrected chi connectivity index (χ1v) is 8.93. The number of rotatable bonds is 3. The molecule has 5 rings (SSSR count). The van der Waals surface area contributed by atoms with Crippen LogP contribution in [0.2, 0.25) is 5.02 Å². The largest absolute Gasteiger partial charge is 0.478 e. The predicted molar refractivity (Wildman–Crippen MR) is 111 cm³/mol. The topological polar surface area (TPSA) is 90.9 Å². The average molecular weight is 389 g/mol. The standard InChI is InChI=1S/C21H13ClN4O2/c22-12-2-1-3-13(9-12)24-19-15-8-11(21(27)28)4-5-14(15)18-16-10-23-7-6-17(16)25-20(18)26-19/h1-10H,(H,27,28)(H2,24,25,26). The van der Waals surface area contributed by atoms with Crippen LogP contribution >= 0.6 is 11.6 Å². The Morgan fingerprint density at radius 3 is 2.79 bits per heavy atom. The van der Waals surface area contributed by atoms with Gasteiger partial charge in [0.2, 0.25) is 0 Å². The normalized spacial score (nSPS) is 11.3. The van der Waals surface area contributed by atoms with Crippen molar-refractivity contribution in [2.45, 2.75) is 0 Å². The van der Waals surface area contributed by atoms with E-state index in [1.807, 2.05) is 24.3 Å². The van der Waals surface area contributed by atoms with Gasteiger partial charge in [-0.15, -0.1) is 0 Å². The van der Waals surface area contributed by atoms with Crippen LogP contribution in [0.25, 0.3) is 32.7 Å². The number of halogens is 1. The number of hydrogen-bond donors (Lipinski definition) is 3. The maximum absolute atomic E-state index is 11.5. The van der Waals surface area contributed by atoms with E-state index in [0.717, 1.165) is 27.4 Å². The number of H-pyrrole nitrogens is 1. The van der Waals surface area contributed by atoms with E-state index in [4.69, 9.17) is 16.6 Å². The summed E-state index contributed by atoms with van der Waals surface area (Å²) in [6, 6.07) is 14.2. The van der Waals surface area contributed by atoms with E-state index in [9.17, 15) is 9.90 Å². The van der Waals surface area contributed by atoms with E-state index in [1.165, 1.54) is 0 Å². The molecule has 0 atom stereocenters. The third kappa shape index (κ3) is 2.62. The number of carboxylic acid groups (broad SMARTS) is 1. The van der Waals surface area contributed by atoms with E-state index in [2.05, 4.69) is 15.3 Å². The van der Waals surface area contributed by atoms with E-state index in [-0.39, 0.29) is 5.56 Å². The number of carbonyl (C=O) groups is 1. The molecule has 0 spiro atoms. The Kier molecular flexibility index (Phi) is 3.67. The molecule has 0 radical (unpaired) electrons. The quantitative estimate of drug-likeness (QED) is 0.387. The molecule has 5 aromatic rings. The summed E-state index contributed by atoms with van der Waals surface area (Å²) < 4.78 is 0. The smallest absolute Gasteiger partial charge is 0.335 e. The molecule has 0 amide bonds. The number of aromatic amines is 1. The second-order valence-electron chi connectivity index (χ2n) is 6.43. The Labute approximate surface area is 163 Å². The van der Waals surface area contributed by atoms with Crippen molar-refractivity contribution >= 4 is 61.8 Å². The van der Waals surface area contributed by atoms with E-state index >= 15 is 0 Å². The van der Waals surface area contributed by atoms with Crippen molar-refractivity contribution in [2.24, 2.45) is 0 Å². The van der Waals surface area contributed by atoms with Gasteiger partial charge in [-0.25, -0.2) is 9.78 Å². The van der Waals surface area contributed by atoms with E-state index in [0.29, 0.717) is 21.9 Å². The van der Waals surface area contributed by atoms with Crippen LogP contribution in [0.3, 0.4) is 0 Å². The van der Waals surface area contributed by atoms with Crippen LogP contribution in [-0.4, -0.2) is 26.0 Å². The summed E-state index contributed by atoms with van der Waals surface area (Å²) in [5, 5.41) is 16.7. The summed E-state index contributed by atoms with van der Waals surface area (Å²) in [7, 11) is 0. The van der Waals surface area contributed by atoms with Crippen molar-refractivity contribution in [2.75, 3.05) is 5.32 Å². The monoisotopic (exact) mass is 388 g/mol. The highest BCUT2D eigenvalue weighted by atomic mass is 35.5. The minimum Gasteiger partial charge on any atom is -0.478 e. The van der Waals surface area contributed by atoms with Crippen LogP contribution in [0.1, 0.15) is 10.4 Å². The zero-order valence-corrected chi connectivity index (χ0v) is 15.2. The Bertz CT molecular complexity index is 1390. The molecule has 3 N–H and O–H groups in total.